The number of aromatic nitrogens is 1. The molecule has 0 saturated carbocycles. The predicted octanol–water partition coefficient (Wildman–Crippen LogP) is 2.37. The number of pyridine rings is 1. The first-order valence-electron chi connectivity index (χ1n) is 6.13. The molecule has 0 aliphatic carbocycles. The van der Waals surface area contributed by atoms with Crippen molar-refractivity contribution in [3.63, 3.8) is 0 Å². The van der Waals surface area contributed by atoms with E-state index in [1.54, 1.807) is 0 Å². The number of anilines is 2. The Hall–Kier alpha value is -1.89. The lowest BCUT2D eigenvalue weighted by atomic mass is 9.81. The van der Waals surface area contributed by atoms with Crippen molar-refractivity contribution < 1.29 is 4.92 Å². The lowest BCUT2D eigenvalue weighted by Gasteiger charge is -2.29. The van der Waals surface area contributed by atoms with Gasteiger partial charge in [0.1, 0.15) is 11.6 Å². The molecule has 1 rings (SSSR count). The van der Waals surface area contributed by atoms with Crippen LogP contribution < -0.4 is 16.6 Å². The maximum atomic E-state index is 10.8. The summed E-state index contributed by atoms with van der Waals surface area (Å²) >= 11 is 0. The van der Waals surface area contributed by atoms with E-state index in [0.29, 0.717) is 18.3 Å². The van der Waals surface area contributed by atoms with Gasteiger partial charge in [0.05, 0.1) is 17.1 Å². The molecule has 1 heterocycles. The molecule has 0 fully saturated rings. The molecule has 1 aromatic rings. The third-order valence-electron chi connectivity index (χ3n) is 3.46. The van der Waals surface area contributed by atoms with Crippen LogP contribution in [0.3, 0.4) is 0 Å². The van der Waals surface area contributed by atoms with Gasteiger partial charge in [-0.25, -0.2) is 10.8 Å². The highest BCUT2D eigenvalue weighted by Gasteiger charge is 2.22. The van der Waals surface area contributed by atoms with Gasteiger partial charge in [-0.2, -0.15) is 0 Å². The van der Waals surface area contributed by atoms with Gasteiger partial charge in [-0.1, -0.05) is 27.7 Å². The van der Waals surface area contributed by atoms with Crippen molar-refractivity contribution in [3.8, 4) is 0 Å². The molecule has 0 radical (unpaired) electrons. The Morgan fingerprint density at radius 2 is 2.00 bits per heavy atom. The highest BCUT2D eigenvalue weighted by atomic mass is 16.6. The molecular weight excluding hydrogens is 246 g/mol. The van der Waals surface area contributed by atoms with Crippen LogP contribution in [-0.4, -0.2) is 16.5 Å². The summed E-state index contributed by atoms with van der Waals surface area (Å²) in [6, 6.07) is 2.69. The minimum atomic E-state index is -0.471. The molecule has 0 aromatic carbocycles. The summed E-state index contributed by atoms with van der Waals surface area (Å²) in [5.41, 5.74) is 2.34. The zero-order valence-corrected chi connectivity index (χ0v) is 11.7. The second-order valence-electron chi connectivity index (χ2n) is 5.49. The first-order chi connectivity index (χ1) is 8.76. The van der Waals surface area contributed by atoms with Crippen LogP contribution >= 0.6 is 0 Å². The molecule has 0 unspecified atom stereocenters. The number of nitrogen functional groups attached to an aromatic ring is 1. The molecule has 19 heavy (non-hydrogen) atoms. The van der Waals surface area contributed by atoms with Crippen LogP contribution in [0.25, 0.3) is 0 Å². The normalized spacial score (nSPS) is 11.5. The first-order valence-corrected chi connectivity index (χ1v) is 6.13. The SMILES string of the molecule is CC(C)C(C)(C)CNc1cc([N+](=O)[O-])cc(NN)n1. The van der Waals surface area contributed by atoms with E-state index in [4.69, 9.17) is 5.84 Å². The zero-order valence-electron chi connectivity index (χ0n) is 11.7. The lowest BCUT2D eigenvalue weighted by molar-refractivity contribution is -0.384. The summed E-state index contributed by atoms with van der Waals surface area (Å²) in [6.07, 6.45) is 0. The second-order valence-corrected chi connectivity index (χ2v) is 5.49. The number of nitrogens with two attached hydrogens (primary N) is 1. The standard InChI is InChI=1S/C12H21N5O2/c1-8(2)12(3,4)7-14-10-5-9(17(18)19)6-11(15-10)16-13/h5-6,8H,7,13H2,1-4H3,(H2,14,15,16). The quantitative estimate of drug-likeness (QED) is 0.415. The summed E-state index contributed by atoms with van der Waals surface area (Å²) in [5.74, 6) is 6.44. The first kappa shape index (κ1) is 15.2. The zero-order chi connectivity index (χ0) is 14.6. The average molecular weight is 267 g/mol. The average Bonchev–Trinajstić information content (AvgIpc) is 2.35. The van der Waals surface area contributed by atoms with E-state index >= 15 is 0 Å². The molecule has 0 aliphatic rings. The molecule has 4 N–H and O–H groups in total. The largest absolute Gasteiger partial charge is 0.369 e. The summed E-state index contributed by atoms with van der Waals surface area (Å²) in [7, 11) is 0. The van der Waals surface area contributed by atoms with Crippen molar-refractivity contribution in [3.05, 3.63) is 22.2 Å². The fourth-order valence-corrected chi connectivity index (χ4v) is 1.31. The number of nitrogens with zero attached hydrogens (tertiary/aromatic N) is 2. The van der Waals surface area contributed by atoms with Crippen molar-refractivity contribution in [2.75, 3.05) is 17.3 Å². The highest BCUT2D eigenvalue weighted by molar-refractivity contribution is 5.54. The minimum Gasteiger partial charge on any atom is -0.369 e. The van der Waals surface area contributed by atoms with Crippen molar-refractivity contribution >= 4 is 17.3 Å². The van der Waals surface area contributed by atoms with Crippen molar-refractivity contribution in [1.29, 1.82) is 0 Å². The van der Waals surface area contributed by atoms with Crippen molar-refractivity contribution in [2.45, 2.75) is 27.7 Å². The summed E-state index contributed by atoms with van der Waals surface area (Å²) in [6.45, 7) is 9.20. The van der Waals surface area contributed by atoms with E-state index in [0.717, 1.165) is 0 Å². The van der Waals surface area contributed by atoms with Crippen LogP contribution in [-0.2, 0) is 0 Å². The van der Waals surface area contributed by atoms with E-state index in [-0.39, 0.29) is 16.9 Å². The van der Waals surface area contributed by atoms with Gasteiger partial charge < -0.3 is 10.7 Å². The van der Waals surface area contributed by atoms with Gasteiger partial charge in [0.15, 0.2) is 0 Å². The predicted molar refractivity (Wildman–Crippen MR) is 75.8 cm³/mol. The molecule has 0 bridgehead atoms. The van der Waals surface area contributed by atoms with Crippen molar-refractivity contribution in [2.24, 2.45) is 17.2 Å². The summed E-state index contributed by atoms with van der Waals surface area (Å²) < 4.78 is 0. The molecule has 0 amide bonds. The fraction of sp³-hybridized carbons (Fsp3) is 0.583. The van der Waals surface area contributed by atoms with E-state index in [2.05, 4.69) is 43.4 Å². The molecule has 1 aromatic heterocycles. The topological polar surface area (TPSA) is 106 Å². The minimum absolute atomic E-state index is 0.0483. The van der Waals surface area contributed by atoms with Gasteiger partial charge in [0, 0.05) is 6.54 Å². The number of hydrogen-bond acceptors (Lipinski definition) is 6. The van der Waals surface area contributed by atoms with Crippen LogP contribution in [0.5, 0.6) is 0 Å². The Balaban J connectivity index is 2.89. The number of rotatable bonds is 6. The van der Waals surface area contributed by atoms with Crippen molar-refractivity contribution in [1.82, 2.24) is 4.98 Å². The summed E-state index contributed by atoms with van der Waals surface area (Å²) in [4.78, 5) is 14.5. The maximum Gasteiger partial charge on any atom is 0.276 e. The molecule has 7 nitrogen and oxygen atoms in total. The Morgan fingerprint density at radius 1 is 1.42 bits per heavy atom. The van der Waals surface area contributed by atoms with E-state index in [9.17, 15) is 10.1 Å². The second kappa shape index (κ2) is 5.83. The maximum absolute atomic E-state index is 10.8. The van der Waals surface area contributed by atoms with Crippen LogP contribution in [0.4, 0.5) is 17.3 Å². The van der Waals surface area contributed by atoms with Gasteiger partial charge in [-0.15, -0.1) is 0 Å². The van der Waals surface area contributed by atoms with Gasteiger partial charge in [-0.05, 0) is 11.3 Å². The molecule has 0 atom stereocenters. The molecule has 7 heteroatoms. The lowest BCUT2D eigenvalue weighted by Crippen LogP contribution is -2.28. The Morgan fingerprint density at radius 3 is 2.47 bits per heavy atom. The molecule has 0 aliphatic heterocycles. The molecule has 106 valence electrons. The number of hydrazine groups is 1. The fourth-order valence-electron chi connectivity index (χ4n) is 1.31. The summed E-state index contributed by atoms with van der Waals surface area (Å²) in [5, 5.41) is 13.9. The van der Waals surface area contributed by atoms with Crippen LogP contribution in [0.15, 0.2) is 12.1 Å². The third kappa shape index (κ3) is 4.06. The van der Waals surface area contributed by atoms with Crippen LogP contribution in [0, 0.1) is 21.4 Å². The number of hydrogen-bond donors (Lipinski definition) is 3. The highest BCUT2D eigenvalue weighted by Crippen LogP contribution is 2.27. The Bertz CT molecular complexity index is 459. The van der Waals surface area contributed by atoms with Gasteiger partial charge in [0.25, 0.3) is 5.69 Å². The number of nitrogens with one attached hydrogen (secondary N) is 2. The third-order valence-corrected chi connectivity index (χ3v) is 3.46. The monoisotopic (exact) mass is 267 g/mol. The van der Waals surface area contributed by atoms with E-state index in [1.807, 2.05) is 0 Å². The smallest absolute Gasteiger partial charge is 0.276 e. The Labute approximate surface area is 112 Å². The molecule has 0 saturated heterocycles. The van der Waals surface area contributed by atoms with Gasteiger partial charge in [-0.3, -0.25) is 10.1 Å². The molecular formula is C12H21N5O2. The number of nitro groups is 1. The van der Waals surface area contributed by atoms with Crippen LogP contribution in [0.1, 0.15) is 27.7 Å². The Kier molecular flexibility index (Phi) is 4.66. The van der Waals surface area contributed by atoms with E-state index < -0.39 is 4.92 Å². The van der Waals surface area contributed by atoms with Crippen LogP contribution in [0.2, 0.25) is 0 Å². The molecule has 0 spiro atoms. The van der Waals surface area contributed by atoms with Gasteiger partial charge >= 0.3 is 0 Å². The van der Waals surface area contributed by atoms with E-state index in [1.165, 1.54) is 12.1 Å². The van der Waals surface area contributed by atoms with Gasteiger partial charge in [0.2, 0.25) is 0 Å².